The van der Waals surface area contributed by atoms with Crippen LogP contribution in [0.1, 0.15) is 46.3 Å². The van der Waals surface area contributed by atoms with Crippen LogP contribution in [0.15, 0.2) is 30.3 Å². The molecule has 0 saturated carbocycles. The van der Waals surface area contributed by atoms with Gasteiger partial charge in [0, 0.05) is 7.05 Å². The number of carbonyl (C=O) groups is 1. The van der Waals surface area contributed by atoms with Crippen LogP contribution in [0.25, 0.3) is 0 Å². The highest BCUT2D eigenvalue weighted by Crippen LogP contribution is 2.28. The van der Waals surface area contributed by atoms with Crippen molar-refractivity contribution in [1.82, 2.24) is 4.90 Å². The Labute approximate surface area is 133 Å². The highest BCUT2D eigenvalue weighted by atomic mass is 16.3. The fraction of sp³-hybridized carbons (Fsp3) is 0.611. The lowest BCUT2D eigenvalue weighted by Gasteiger charge is -2.35. The minimum atomic E-state index is -0.755. The quantitative estimate of drug-likeness (QED) is 0.879. The van der Waals surface area contributed by atoms with E-state index in [2.05, 4.69) is 0 Å². The Morgan fingerprint density at radius 1 is 1.09 bits per heavy atom. The summed E-state index contributed by atoms with van der Waals surface area (Å²) in [6, 6.07) is 8.92. The van der Waals surface area contributed by atoms with Gasteiger partial charge < -0.3 is 15.1 Å². The summed E-state index contributed by atoms with van der Waals surface area (Å²) in [5.41, 5.74) is 0.413. The normalized spacial score (nSPS) is 17.5. The lowest BCUT2D eigenvalue weighted by molar-refractivity contribution is -0.144. The van der Waals surface area contributed by atoms with Crippen LogP contribution in [0.5, 0.6) is 0 Å². The van der Waals surface area contributed by atoms with E-state index in [-0.39, 0.29) is 17.4 Å². The first-order valence-electron chi connectivity index (χ1n) is 7.75. The number of hydrogen-bond acceptors (Lipinski definition) is 3. The van der Waals surface area contributed by atoms with Gasteiger partial charge in [-0.2, -0.15) is 0 Å². The van der Waals surface area contributed by atoms with Gasteiger partial charge in [-0.05, 0) is 17.9 Å². The molecule has 4 heteroatoms. The van der Waals surface area contributed by atoms with E-state index in [1.54, 1.807) is 14.0 Å². The molecule has 0 aliphatic rings. The Balaban J connectivity index is 2.82. The second kappa shape index (κ2) is 7.25. The van der Waals surface area contributed by atoms with Crippen molar-refractivity contribution in [2.45, 2.75) is 52.9 Å². The molecule has 4 atom stereocenters. The van der Waals surface area contributed by atoms with Crippen LogP contribution < -0.4 is 0 Å². The SMILES string of the molecule is C[C@@H](C(=O)N(C)[C@@H](C)[C@@H](O)c1ccccc1)[C@@H](O)C(C)(C)C. The van der Waals surface area contributed by atoms with Crippen molar-refractivity contribution in [2.75, 3.05) is 7.05 Å². The Bertz CT molecular complexity index is 481. The Morgan fingerprint density at radius 2 is 1.59 bits per heavy atom. The van der Waals surface area contributed by atoms with Gasteiger partial charge >= 0.3 is 0 Å². The molecule has 22 heavy (non-hydrogen) atoms. The summed E-state index contributed by atoms with van der Waals surface area (Å²) in [5.74, 6) is -0.680. The van der Waals surface area contributed by atoms with E-state index in [0.29, 0.717) is 0 Å². The minimum absolute atomic E-state index is 0.162. The average molecular weight is 307 g/mol. The number of aliphatic hydroxyl groups excluding tert-OH is 2. The van der Waals surface area contributed by atoms with Crippen molar-refractivity contribution < 1.29 is 15.0 Å². The highest BCUT2D eigenvalue weighted by molar-refractivity contribution is 5.79. The van der Waals surface area contributed by atoms with Gasteiger partial charge in [0.1, 0.15) is 0 Å². The lowest BCUT2D eigenvalue weighted by Crippen LogP contribution is -2.47. The van der Waals surface area contributed by atoms with E-state index >= 15 is 0 Å². The molecular weight excluding hydrogens is 278 g/mol. The molecule has 0 heterocycles. The van der Waals surface area contributed by atoms with E-state index in [1.165, 1.54) is 4.90 Å². The summed E-state index contributed by atoms with van der Waals surface area (Å²) in [5, 5.41) is 20.7. The molecule has 1 rings (SSSR count). The van der Waals surface area contributed by atoms with E-state index in [4.69, 9.17) is 0 Å². The maximum atomic E-state index is 12.6. The standard InChI is InChI=1S/C18H29NO3/c1-12(16(21)18(3,4)5)17(22)19(6)13(2)15(20)14-10-8-7-9-11-14/h7-13,15-16,20-21H,1-6H3/t12-,13+,15-,16-/m1/s1. The van der Waals surface area contributed by atoms with Crippen molar-refractivity contribution in [3.05, 3.63) is 35.9 Å². The minimum Gasteiger partial charge on any atom is -0.392 e. The fourth-order valence-corrected chi connectivity index (χ4v) is 2.55. The summed E-state index contributed by atoms with van der Waals surface area (Å²) >= 11 is 0. The third-order valence-electron chi connectivity index (χ3n) is 4.31. The van der Waals surface area contributed by atoms with Gasteiger partial charge in [-0.1, -0.05) is 58.0 Å². The van der Waals surface area contributed by atoms with E-state index in [9.17, 15) is 15.0 Å². The fourth-order valence-electron chi connectivity index (χ4n) is 2.55. The van der Waals surface area contributed by atoms with E-state index in [1.807, 2.05) is 58.0 Å². The Kier molecular flexibility index (Phi) is 6.15. The molecule has 0 saturated heterocycles. The molecule has 2 N–H and O–H groups in total. The number of aliphatic hydroxyl groups is 2. The summed E-state index contributed by atoms with van der Waals surface area (Å²) in [6.45, 7) is 9.26. The molecule has 0 spiro atoms. The highest BCUT2D eigenvalue weighted by Gasteiger charge is 2.35. The lowest BCUT2D eigenvalue weighted by atomic mass is 9.81. The van der Waals surface area contributed by atoms with Gasteiger partial charge in [-0.3, -0.25) is 4.79 Å². The largest absolute Gasteiger partial charge is 0.392 e. The first kappa shape index (κ1) is 18.7. The monoisotopic (exact) mass is 307 g/mol. The van der Waals surface area contributed by atoms with Crippen LogP contribution >= 0.6 is 0 Å². The molecule has 0 radical (unpaired) electrons. The third kappa shape index (κ3) is 4.31. The molecular formula is C18H29NO3. The van der Waals surface area contributed by atoms with Crippen LogP contribution in [0, 0.1) is 11.3 Å². The molecule has 1 aromatic carbocycles. The van der Waals surface area contributed by atoms with Crippen LogP contribution in [0.4, 0.5) is 0 Å². The zero-order valence-electron chi connectivity index (χ0n) is 14.4. The van der Waals surface area contributed by atoms with E-state index in [0.717, 1.165) is 5.56 Å². The van der Waals surface area contributed by atoms with Crippen molar-refractivity contribution in [3.8, 4) is 0 Å². The molecule has 4 nitrogen and oxygen atoms in total. The second-order valence-electron chi connectivity index (χ2n) is 7.14. The molecule has 0 aromatic heterocycles. The third-order valence-corrected chi connectivity index (χ3v) is 4.31. The molecule has 0 unspecified atom stereocenters. The van der Waals surface area contributed by atoms with E-state index < -0.39 is 18.1 Å². The number of benzene rings is 1. The summed E-state index contributed by atoms with van der Waals surface area (Å²) in [7, 11) is 1.67. The summed E-state index contributed by atoms with van der Waals surface area (Å²) in [6.07, 6.45) is -1.49. The van der Waals surface area contributed by atoms with Crippen LogP contribution in [-0.4, -0.2) is 40.2 Å². The topological polar surface area (TPSA) is 60.8 Å². The molecule has 1 amide bonds. The predicted octanol–water partition coefficient (Wildman–Crippen LogP) is 2.61. The van der Waals surface area contributed by atoms with Gasteiger partial charge in [-0.25, -0.2) is 0 Å². The van der Waals surface area contributed by atoms with Gasteiger partial charge in [0.25, 0.3) is 0 Å². The molecule has 0 aliphatic carbocycles. The molecule has 0 fully saturated rings. The van der Waals surface area contributed by atoms with Gasteiger partial charge in [0.15, 0.2) is 0 Å². The Morgan fingerprint density at radius 3 is 2.05 bits per heavy atom. The van der Waals surface area contributed by atoms with Gasteiger partial charge in [0.05, 0.1) is 24.2 Å². The maximum absolute atomic E-state index is 12.6. The number of carbonyl (C=O) groups excluding carboxylic acids is 1. The van der Waals surface area contributed by atoms with Crippen LogP contribution in [0.3, 0.4) is 0 Å². The first-order valence-corrected chi connectivity index (χ1v) is 7.75. The number of amides is 1. The van der Waals surface area contributed by atoms with Crippen molar-refractivity contribution in [1.29, 1.82) is 0 Å². The molecule has 0 aliphatic heterocycles. The number of rotatable bonds is 5. The van der Waals surface area contributed by atoms with Crippen molar-refractivity contribution in [3.63, 3.8) is 0 Å². The summed E-state index contributed by atoms with van der Waals surface area (Å²) < 4.78 is 0. The van der Waals surface area contributed by atoms with Crippen LogP contribution in [0.2, 0.25) is 0 Å². The smallest absolute Gasteiger partial charge is 0.228 e. The average Bonchev–Trinajstić information content (AvgIpc) is 2.50. The van der Waals surface area contributed by atoms with Crippen molar-refractivity contribution in [2.24, 2.45) is 11.3 Å². The maximum Gasteiger partial charge on any atom is 0.228 e. The Hall–Kier alpha value is -1.39. The van der Waals surface area contributed by atoms with Gasteiger partial charge in [-0.15, -0.1) is 0 Å². The molecule has 1 aromatic rings. The zero-order valence-corrected chi connectivity index (χ0v) is 14.4. The predicted molar refractivity (Wildman–Crippen MR) is 88.3 cm³/mol. The number of likely N-dealkylation sites (N-methyl/N-ethyl adjacent to an activating group) is 1. The second-order valence-corrected chi connectivity index (χ2v) is 7.14. The van der Waals surface area contributed by atoms with Crippen molar-refractivity contribution >= 4 is 5.91 Å². The first-order chi connectivity index (χ1) is 10.1. The van der Waals surface area contributed by atoms with Gasteiger partial charge in [0.2, 0.25) is 5.91 Å². The number of nitrogens with zero attached hydrogens (tertiary/aromatic N) is 1. The van der Waals surface area contributed by atoms with Crippen LogP contribution in [-0.2, 0) is 4.79 Å². The molecule has 0 bridgehead atoms. The zero-order chi connectivity index (χ0) is 17.1. The molecule has 124 valence electrons. The number of hydrogen-bond donors (Lipinski definition) is 2. The summed E-state index contributed by atoms with van der Waals surface area (Å²) in [4.78, 5) is 14.1.